The fourth-order valence-electron chi connectivity index (χ4n) is 2.41. The molecule has 0 aliphatic carbocycles. The fraction of sp³-hybridized carbons (Fsp3) is 0.286. The number of hydrogen-bond acceptors (Lipinski definition) is 4. The number of morpholine rings is 1. The van der Waals surface area contributed by atoms with Gasteiger partial charge in [-0.15, -0.1) is 0 Å². The summed E-state index contributed by atoms with van der Waals surface area (Å²) < 4.78 is 31.5. The lowest BCUT2D eigenvalue weighted by molar-refractivity contribution is -0.121. The Balaban J connectivity index is 1.94. The number of anilines is 1. The molecule has 0 N–H and O–H groups in total. The largest absolute Gasteiger partial charge is 0.378 e. The highest BCUT2D eigenvalue weighted by atomic mass is 35.5. The Morgan fingerprint density at radius 2 is 1.73 bits per heavy atom. The molecular weight excluding hydrogens is 318 g/mol. The topological polar surface area (TPSA) is 49.9 Å². The predicted molar refractivity (Wildman–Crippen MR) is 74.1 cm³/mol. The van der Waals surface area contributed by atoms with E-state index < -0.39 is 23.4 Å². The van der Waals surface area contributed by atoms with Crippen LogP contribution in [-0.4, -0.2) is 43.0 Å². The highest BCUT2D eigenvalue weighted by Crippen LogP contribution is 2.32. The summed E-state index contributed by atoms with van der Waals surface area (Å²) in [4.78, 5) is 27.1. The number of carbonyl (C=O) groups excluding carboxylic acids is 2. The first-order valence-corrected chi connectivity index (χ1v) is 6.95. The van der Waals surface area contributed by atoms with Crippen molar-refractivity contribution in [3.8, 4) is 0 Å². The zero-order chi connectivity index (χ0) is 15.9. The first-order valence-electron chi connectivity index (χ1n) is 6.57. The first-order chi connectivity index (χ1) is 10.5. The molecule has 1 saturated heterocycles. The molecule has 0 spiro atoms. The second kappa shape index (κ2) is 5.66. The van der Waals surface area contributed by atoms with Gasteiger partial charge in [0, 0.05) is 19.2 Å². The van der Waals surface area contributed by atoms with Gasteiger partial charge in [-0.05, 0) is 12.1 Å². The molecule has 2 heterocycles. The van der Waals surface area contributed by atoms with Crippen LogP contribution in [0.2, 0.25) is 0 Å². The predicted octanol–water partition coefficient (Wildman–Crippen LogP) is 1.62. The van der Waals surface area contributed by atoms with Gasteiger partial charge < -0.3 is 9.64 Å². The van der Waals surface area contributed by atoms with E-state index in [2.05, 4.69) is 0 Å². The van der Waals surface area contributed by atoms with Crippen LogP contribution >= 0.6 is 11.6 Å². The minimum atomic E-state index is -1.14. The Bertz CT molecular complexity index is 687. The fourth-order valence-corrected chi connectivity index (χ4v) is 2.70. The van der Waals surface area contributed by atoms with Gasteiger partial charge in [0.1, 0.15) is 10.7 Å². The maximum absolute atomic E-state index is 13.3. The molecule has 0 atom stereocenters. The highest BCUT2D eigenvalue weighted by molar-refractivity contribution is 6.52. The molecule has 0 aromatic heterocycles. The van der Waals surface area contributed by atoms with Gasteiger partial charge in [-0.3, -0.25) is 9.59 Å². The molecule has 0 bridgehead atoms. The van der Waals surface area contributed by atoms with E-state index in [0.29, 0.717) is 26.3 Å². The Hall–Kier alpha value is -1.99. The number of rotatable bonds is 2. The smallest absolute Gasteiger partial charge is 0.283 e. The van der Waals surface area contributed by atoms with E-state index in [-0.39, 0.29) is 16.4 Å². The average molecular weight is 329 g/mol. The van der Waals surface area contributed by atoms with Crippen molar-refractivity contribution in [1.29, 1.82) is 0 Å². The van der Waals surface area contributed by atoms with E-state index in [1.807, 2.05) is 0 Å². The normalized spacial score (nSPS) is 19.4. The molecule has 0 unspecified atom stereocenters. The summed E-state index contributed by atoms with van der Waals surface area (Å²) in [5.74, 6) is -3.61. The quantitative estimate of drug-likeness (QED) is 0.774. The van der Waals surface area contributed by atoms with Crippen LogP contribution in [0.1, 0.15) is 0 Å². The van der Waals surface area contributed by atoms with E-state index in [1.165, 1.54) is 0 Å². The van der Waals surface area contributed by atoms with Crippen LogP contribution in [0.4, 0.5) is 14.5 Å². The summed E-state index contributed by atoms with van der Waals surface area (Å²) in [6, 6.07) is 2.80. The van der Waals surface area contributed by atoms with Gasteiger partial charge in [0.15, 0.2) is 11.6 Å². The van der Waals surface area contributed by atoms with Gasteiger partial charge in [0.2, 0.25) is 0 Å². The van der Waals surface area contributed by atoms with E-state index >= 15 is 0 Å². The molecule has 8 heteroatoms. The molecule has 0 saturated carbocycles. The number of carbonyl (C=O) groups is 2. The third-order valence-electron chi connectivity index (χ3n) is 3.49. The highest BCUT2D eigenvalue weighted by Gasteiger charge is 2.41. The van der Waals surface area contributed by atoms with E-state index in [4.69, 9.17) is 16.3 Å². The van der Waals surface area contributed by atoms with Crippen LogP contribution in [-0.2, 0) is 14.3 Å². The van der Waals surface area contributed by atoms with Gasteiger partial charge in [-0.2, -0.15) is 0 Å². The number of imide groups is 1. The molecule has 2 amide bonds. The summed E-state index contributed by atoms with van der Waals surface area (Å²) in [5.41, 5.74) is 0.00927. The van der Waals surface area contributed by atoms with Crippen molar-refractivity contribution in [3.63, 3.8) is 0 Å². The second-order valence-corrected chi connectivity index (χ2v) is 5.18. The number of amides is 2. The molecule has 116 valence electrons. The molecule has 1 fully saturated rings. The standard InChI is InChI=1S/C14H11ClF2N2O3/c15-11-12(18-3-5-22-6-4-18)14(21)19(13(11)20)8-1-2-9(16)10(17)7-8/h1-2,7H,3-6H2. The third-order valence-corrected chi connectivity index (χ3v) is 3.83. The first kappa shape index (κ1) is 14.9. The van der Waals surface area contributed by atoms with Crippen LogP contribution in [0, 0.1) is 11.6 Å². The third kappa shape index (κ3) is 2.36. The SMILES string of the molecule is O=C1C(Cl)=C(N2CCOCC2)C(=O)N1c1ccc(F)c(F)c1. The molecular formula is C14H11ClF2N2O3. The van der Waals surface area contributed by atoms with Crippen molar-refractivity contribution < 1.29 is 23.1 Å². The van der Waals surface area contributed by atoms with Crippen molar-refractivity contribution in [2.45, 2.75) is 0 Å². The number of benzene rings is 1. The zero-order valence-electron chi connectivity index (χ0n) is 11.3. The van der Waals surface area contributed by atoms with E-state index in [9.17, 15) is 18.4 Å². The number of hydrogen-bond donors (Lipinski definition) is 0. The summed E-state index contributed by atoms with van der Waals surface area (Å²) in [5, 5.41) is -0.225. The maximum Gasteiger partial charge on any atom is 0.283 e. The van der Waals surface area contributed by atoms with Gasteiger partial charge >= 0.3 is 0 Å². The Morgan fingerprint density at radius 3 is 2.36 bits per heavy atom. The molecule has 2 aliphatic heterocycles. The lowest BCUT2D eigenvalue weighted by Gasteiger charge is -2.29. The molecule has 5 nitrogen and oxygen atoms in total. The van der Waals surface area contributed by atoms with Gasteiger partial charge in [-0.25, -0.2) is 13.7 Å². The van der Waals surface area contributed by atoms with Crippen molar-refractivity contribution in [1.82, 2.24) is 4.90 Å². The number of ether oxygens (including phenoxy) is 1. The summed E-state index contributed by atoms with van der Waals surface area (Å²) >= 11 is 5.99. The Morgan fingerprint density at radius 1 is 1.05 bits per heavy atom. The molecule has 0 radical (unpaired) electrons. The van der Waals surface area contributed by atoms with Gasteiger partial charge in [0.05, 0.1) is 18.9 Å². The summed E-state index contributed by atoms with van der Waals surface area (Å²) in [7, 11) is 0. The minimum absolute atomic E-state index is 0.0599. The minimum Gasteiger partial charge on any atom is -0.378 e. The average Bonchev–Trinajstić information content (AvgIpc) is 2.73. The maximum atomic E-state index is 13.3. The van der Waals surface area contributed by atoms with Crippen LogP contribution in [0.15, 0.2) is 28.9 Å². The molecule has 1 aromatic carbocycles. The van der Waals surface area contributed by atoms with Crippen molar-refractivity contribution in [2.24, 2.45) is 0 Å². The summed E-state index contributed by atoms with van der Waals surface area (Å²) in [6.07, 6.45) is 0. The van der Waals surface area contributed by atoms with Gasteiger partial charge in [0.25, 0.3) is 11.8 Å². The van der Waals surface area contributed by atoms with Crippen LogP contribution in [0.5, 0.6) is 0 Å². The Labute approximate surface area is 129 Å². The Kier molecular flexibility index (Phi) is 3.84. The molecule has 3 rings (SSSR count). The lowest BCUT2D eigenvalue weighted by atomic mass is 10.2. The van der Waals surface area contributed by atoms with Crippen LogP contribution < -0.4 is 4.90 Å². The van der Waals surface area contributed by atoms with E-state index in [0.717, 1.165) is 23.1 Å². The van der Waals surface area contributed by atoms with Crippen molar-refractivity contribution in [2.75, 3.05) is 31.2 Å². The molecule has 1 aromatic rings. The number of nitrogens with zero attached hydrogens (tertiary/aromatic N) is 2. The monoisotopic (exact) mass is 328 g/mol. The van der Waals surface area contributed by atoms with Crippen LogP contribution in [0.25, 0.3) is 0 Å². The van der Waals surface area contributed by atoms with Gasteiger partial charge in [-0.1, -0.05) is 11.6 Å². The molecule has 22 heavy (non-hydrogen) atoms. The summed E-state index contributed by atoms with van der Waals surface area (Å²) in [6.45, 7) is 1.69. The van der Waals surface area contributed by atoms with Crippen molar-refractivity contribution >= 4 is 29.1 Å². The number of halogens is 3. The zero-order valence-corrected chi connectivity index (χ0v) is 12.1. The van der Waals surface area contributed by atoms with Crippen LogP contribution in [0.3, 0.4) is 0 Å². The van der Waals surface area contributed by atoms with E-state index in [1.54, 1.807) is 4.90 Å². The lowest BCUT2D eigenvalue weighted by Crippen LogP contribution is -2.40. The van der Waals surface area contributed by atoms with Crippen molar-refractivity contribution in [3.05, 3.63) is 40.6 Å². The second-order valence-electron chi connectivity index (χ2n) is 4.81. The molecule has 2 aliphatic rings.